The lowest BCUT2D eigenvalue weighted by Gasteiger charge is -2.26. The molecule has 6 nitrogen and oxygen atoms in total. The summed E-state index contributed by atoms with van der Waals surface area (Å²) in [4.78, 5) is 23.8. The summed E-state index contributed by atoms with van der Waals surface area (Å²) in [5.41, 5.74) is 5.72. The van der Waals surface area contributed by atoms with Gasteiger partial charge in [0, 0.05) is 17.2 Å². The molecule has 0 saturated carbocycles. The Morgan fingerprint density at radius 3 is 2.52 bits per heavy atom. The number of carbonyl (C=O) groups excluding carboxylic acids is 1. The lowest BCUT2D eigenvalue weighted by Crippen LogP contribution is -2.44. The number of carboxylic acid groups (broad SMARTS) is 1. The van der Waals surface area contributed by atoms with E-state index in [1.54, 1.807) is 18.2 Å². The number of likely N-dealkylation sites (tertiary alicyclic amines) is 1. The van der Waals surface area contributed by atoms with Gasteiger partial charge in [-0.3, -0.25) is 9.69 Å². The van der Waals surface area contributed by atoms with Crippen molar-refractivity contribution in [3.05, 3.63) is 65.2 Å². The normalized spacial score (nSPS) is 19.1. The highest BCUT2D eigenvalue weighted by Gasteiger charge is 2.41. The first-order valence-electron chi connectivity index (χ1n) is 8.34. The Morgan fingerprint density at radius 2 is 1.89 bits per heavy atom. The smallest absolute Gasteiger partial charge is 0.408 e. The van der Waals surface area contributed by atoms with Crippen LogP contribution in [0.2, 0.25) is 0 Å². The second-order valence-electron chi connectivity index (χ2n) is 6.26. The van der Waals surface area contributed by atoms with E-state index in [1.165, 1.54) is 18.2 Å². The number of hydrogen-bond donors (Lipinski definition) is 2. The third-order valence-corrected chi connectivity index (χ3v) is 4.62. The fraction of sp³-hybridized carbons (Fsp3) is 0.263. The number of hydrogen-bond acceptors (Lipinski definition) is 3. The SMILES string of the molecule is NC(=O)[C@@H]1CC[C@H](c2ccc(OCc3ccccc3F)cc2F)N1C(=O)O. The Bertz CT molecular complexity index is 875. The second kappa shape index (κ2) is 7.61. The van der Waals surface area contributed by atoms with Gasteiger partial charge in [0.15, 0.2) is 0 Å². The van der Waals surface area contributed by atoms with E-state index in [4.69, 9.17) is 10.5 Å². The van der Waals surface area contributed by atoms with Crippen molar-refractivity contribution in [1.29, 1.82) is 0 Å². The van der Waals surface area contributed by atoms with Crippen molar-refractivity contribution in [2.75, 3.05) is 0 Å². The molecule has 1 fully saturated rings. The molecule has 0 unspecified atom stereocenters. The largest absolute Gasteiger partial charge is 0.489 e. The Labute approximate surface area is 154 Å². The van der Waals surface area contributed by atoms with Gasteiger partial charge in [-0.1, -0.05) is 24.3 Å². The van der Waals surface area contributed by atoms with Crippen molar-refractivity contribution in [3.8, 4) is 5.75 Å². The molecule has 2 aromatic rings. The molecule has 1 aliphatic rings. The number of ether oxygens (including phenoxy) is 1. The lowest BCUT2D eigenvalue weighted by atomic mass is 10.0. The first kappa shape index (κ1) is 18.6. The summed E-state index contributed by atoms with van der Waals surface area (Å²) in [5.74, 6) is -1.66. The Morgan fingerprint density at radius 1 is 1.15 bits per heavy atom. The van der Waals surface area contributed by atoms with Crippen LogP contribution in [0, 0.1) is 11.6 Å². The number of amides is 2. The first-order chi connectivity index (χ1) is 12.9. The van der Waals surface area contributed by atoms with Crippen LogP contribution in [0.4, 0.5) is 13.6 Å². The molecule has 3 N–H and O–H groups in total. The topological polar surface area (TPSA) is 92.9 Å². The summed E-state index contributed by atoms with van der Waals surface area (Å²) in [5, 5.41) is 9.38. The number of carbonyl (C=O) groups is 2. The van der Waals surface area contributed by atoms with E-state index in [0.29, 0.717) is 5.56 Å². The second-order valence-corrected chi connectivity index (χ2v) is 6.26. The maximum atomic E-state index is 14.6. The van der Waals surface area contributed by atoms with Gasteiger partial charge < -0.3 is 15.6 Å². The molecule has 0 aromatic heterocycles. The molecule has 1 heterocycles. The van der Waals surface area contributed by atoms with Gasteiger partial charge in [-0.2, -0.15) is 0 Å². The molecule has 3 rings (SSSR count). The van der Waals surface area contributed by atoms with Crippen LogP contribution in [0.5, 0.6) is 5.75 Å². The van der Waals surface area contributed by atoms with E-state index < -0.39 is 35.7 Å². The molecule has 1 saturated heterocycles. The summed E-state index contributed by atoms with van der Waals surface area (Å²) in [6.07, 6.45) is -0.815. The quantitative estimate of drug-likeness (QED) is 0.838. The summed E-state index contributed by atoms with van der Waals surface area (Å²) in [6.45, 7) is -0.0696. The van der Waals surface area contributed by atoms with E-state index in [2.05, 4.69) is 0 Å². The predicted molar refractivity (Wildman–Crippen MR) is 92.0 cm³/mol. The van der Waals surface area contributed by atoms with Gasteiger partial charge in [0.25, 0.3) is 0 Å². The van der Waals surface area contributed by atoms with Gasteiger partial charge in [0.05, 0.1) is 6.04 Å². The fourth-order valence-corrected chi connectivity index (χ4v) is 3.31. The average Bonchev–Trinajstić information content (AvgIpc) is 3.06. The van der Waals surface area contributed by atoms with Crippen LogP contribution >= 0.6 is 0 Å². The van der Waals surface area contributed by atoms with Gasteiger partial charge >= 0.3 is 6.09 Å². The molecule has 2 atom stereocenters. The molecule has 2 aromatic carbocycles. The van der Waals surface area contributed by atoms with Gasteiger partial charge in [-0.25, -0.2) is 13.6 Å². The predicted octanol–water partition coefficient (Wildman–Crippen LogP) is 3.21. The van der Waals surface area contributed by atoms with Gasteiger partial charge in [0.1, 0.15) is 30.0 Å². The van der Waals surface area contributed by atoms with Crippen LogP contribution in [0.1, 0.15) is 30.0 Å². The van der Waals surface area contributed by atoms with Crippen molar-refractivity contribution in [2.45, 2.75) is 31.5 Å². The van der Waals surface area contributed by atoms with Crippen LogP contribution in [0.3, 0.4) is 0 Å². The number of rotatable bonds is 5. The number of primary amides is 1. The van der Waals surface area contributed by atoms with Gasteiger partial charge in [0.2, 0.25) is 5.91 Å². The summed E-state index contributed by atoms with van der Waals surface area (Å²) in [6, 6.07) is 8.32. The lowest BCUT2D eigenvalue weighted by molar-refractivity contribution is -0.122. The van der Waals surface area contributed by atoms with Crippen LogP contribution in [-0.2, 0) is 11.4 Å². The highest BCUT2D eigenvalue weighted by molar-refractivity contribution is 5.84. The zero-order valence-corrected chi connectivity index (χ0v) is 14.3. The average molecular weight is 376 g/mol. The third kappa shape index (κ3) is 3.84. The Hall–Kier alpha value is -3.16. The van der Waals surface area contributed by atoms with Crippen molar-refractivity contribution in [2.24, 2.45) is 5.73 Å². The van der Waals surface area contributed by atoms with E-state index in [9.17, 15) is 23.5 Å². The van der Waals surface area contributed by atoms with E-state index >= 15 is 0 Å². The molecule has 0 spiro atoms. The Kier molecular flexibility index (Phi) is 5.25. The van der Waals surface area contributed by atoms with Gasteiger partial charge in [-0.15, -0.1) is 0 Å². The van der Waals surface area contributed by atoms with E-state index in [0.717, 1.165) is 11.0 Å². The number of benzene rings is 2. The minimum Gasteiger partial charge on any atom is -0.489 e. The fourth-order valence-electron chi connectivity index (χ4n) is 3.31. The minimum atomic E-state index is -1.33. The molecular formula is C19H18F2N2O4. The van der Waals surface area contributed by atoms with E-state index in [-0.39, 0.29) is 30.8 Å². The molecule has 8 heteroatoms. The zero-order valence-electron chi connectivity index (χ0n) is 14.3. The molecule has 27 heavy (non-hydrogen) atoms. The van der Waals surface area contributed by atoms with Crippen LogP contribution in [0.15, 0.2) is 42.5 Å². The highest BCUT2D eigenvalue weighted by Crippen LogP contribution is 2.38. The van der Waals surface area contributed by atoms with Crippen LogP contribution < -0.4 is 10.5 Å². The van der Waals surface area contributed by atoms with Crippen LogP contribution in [-0.4, -0.2) is 28.0 Å². The third-order valence-electron chi connectivity index (χ3n) is 4.62. The first-order valence-corrected chi connectivity index (χ1v) is 8.34. The van der Waals surface area contributed by atoms with Crippen molar-refractivity contribution in [1.82, 2.24) is 4.90 Å². The summed E-state index contributed by atoms with van der Waals surface area (Å²) < 4.78 is 33.6. The van der Waals surface area contributed by atoms with Crippen molar-refractivity contribution < 1.29 is 28.2 Å². The zero-order chi connectivity index (χ0) is 19.6. The van der Waals surface area contributed by atoms with Crippen molar-refractivity contribution >= 4 is 12.0 Å². The molecule has 0 radical (unpaired) electrons. The Balaban J connectivity index is 1.77. The molecule has 1 aliphatic heterocycles. The monoisotopic (exact) mass is 376 g/mol. The molecular weight excluding hydrogens is 358 g/mol. The van der Waals surface area contributed by atoms with Crippen molar-refractivity contribution in [3.63, 3.8) is 0 Å². The summed E-state index contributed by atoms with van der Waals surface area (Å²) >= 11 is 0. The minimum absolute atomic E-state index is 0.0696. The number of halogens is 2. The molecule has 2 amide bonds. The summed E-state index contributed by atoms with van der Waals surface area (Å²) in [7, 11) is 0. The van der Waals surface area contributed by atoms with Gasteiger partial charge in [-0.05, 0) is 25.0 Å². The molecule has 142 valence electrons. The maximum Gasteiger partial charge on any atom is 0.408 e. The van der Waals surface area contributed by atoms with Crippen LogP contribution in [0.25, 0.3) is 0 Å². The number of nitrogens with two attached hydrogens (primary N) is 1. The number of nitrogens with zero attached hydrogens (tertiary/aromatic N) is 1. The standard InChI is InChI=1S/C19H18F2N2O4/c20-14-4-2-1-3-11(14)10-27-12-5-6-13(15(21)9-12)16-7-8-17(18(22)24)23(16)19(25)26/h1-6,9,16-17H,7-8,10H2,(H2,22,24)(H,25,26)/t16-,17+/m1/s1. The van der Waals surface area contributed by atoms with E-state index in [1.807, 2.05) is 0 Å². The maximum absolute atomic E-state index is 14.6. The molecule has 0 aliphatic carbocycles. The molecule has 0 bridgehead atoms. The highest BCUT2D eigenvalue weighted by atomic mass is 19.1.